The van der Waals surface area contributed by atoms with Crippen molar-refractivity contribution >= 4 is 14.6 Å². The van der Waals surface area contributed by atoms with Gasteiger partial charge in [-0.05, 0) is 61.1 Å². The molecule has 1 unspecified atom stereocenters. The molecule has 0 amide bonds. The molecule has 0 bridgehead atoms. The maximum atomic E-state index is 11.3. The highest BCUT2D eigenvalue weighted by molar-refractivity contribution is 6.74. The summed E-state index contributed by atoms with van der Waals surface area (Å²) in [5.41, 5.74) is 0.311. The van der Waals surface area contributed by atoms with Crippen molar-refractivity contribution in [2.75, 3.05) is 0 Å². The van der Waals surface area contributed by atoms with Gasteiger partial charge in [0.25, 0.3) is 0 Å². The van der Waals surface area contributed by atoms with Crippen molar-refractivity contribution in [2.24, 2.45) is 23.2 Å². The molecule has 2 saturated carbocycles. The summed E-state index contributed by atoms with van der Waals surface area (Å²) >= 11 is 0. The van der Waals surface area contributed by atoms with Gasteiger partial charge in [-0.15, -0.1) is 0 Å². The fraction of sp³-hybridized carbons (Fsp3) is 0.947. The average Bonchev–Trinajstić information content (AvgIpc) is 2.74. The number of hydrogen-bond donors (Lipinski definition) is 0. The van der Waals surface area contributed by atoms with Gasteiger partial charge in [-0.3, -0.25) is 0 Å². The first-order chi connectivity index (χ1) is 10.0. The Morgan fingerprint density at radius 2 is 1.86 bits per heavy atom. The Balaban J connectivity index is 2.18. The molecule has 2 rings (SSSR count). The van der Waals surface area contributed by atoms with Crippen molar-refractivity contribution < 1.29 is 9.22 Å². The quantitative estimate of drug-likeness (QED) is 0.509. The van der Waals surface area contributed by atoms with Gasteiger partial charge in [0.1, 0.15) is 6.29 Å². The van der Waals surface area contributed by atoms with Crippen LogP contribution < -0.4 is 0 Å². The molecule has 0 radical (unpaired) electrons. The van der Waals surface area contributed by atoms with E-state index < -0.39 is 8.32 Å². The highest BCUT2D eigenvalue weighted by Gasteiger charge is 2.54. The van der Waals surface area contributed by atoms with E-state index in [0.29, 0.717) is 23.4 Å². The van der Waals surface area contributed by atoms with Crippen LogP contribution in [0.2, 0.25) is 18.1 Å². The molecule has 128 valence electrons. The number of carbonyl (C=O) groups is 1. The minimum absolute atomic E-state index is 0.196. The SMILES string of the molecule is C[C@H](C=O)[C@H]1CC[C@H]2C(O[Si](C)(C)C(C)(C)C)CCC[C@]12C. The molecule has 2 nitrogen and oxygen atoms in total. The second kappa shape index (κ2) is 6.05. The molecular formula is C19H36O2Si. The zero-order valence-electron chi connectivity index (χ0n) is 15.7. The van der Waals surface area contributed by atoms with E-state index in [-0.39, 0.29) is 11.0 Å². The lowest BCUT2D eigenvalue weighted by Gasteiger charge is -2.49. The summed E-state index contributed by atoms with van der Waals surface area (Å²) in [5.74, 6) is 1.41. The third kappa shape index (κ3) is 3.08. The van der Waals surface area contributed by atoms with E-state index in [4.69, 9.17) is 4.43 Å². The number of carbonyl (C=O) groups excluding carboxylic acids is 1. The summed E-state index contributed by atoms with van der Waals surface area (Å²) in [7, 11) is -1.71. The molecule has 0 aromatic rings. The Labute approximate surface area is 138 Å². The maximum Gasteiger partial charge on any atom is 0.192 e. The van der Waals surface area contributed by atoms with E-state index in [1.54, 1.807) is 0 Å². The van der Waals surface area contributed by atoms with Gasteiger partial charge in [0.05, 0.1) is 0 Å². The normalized spacial score (nSPS) is 37.7. The molecule has 5 atom stereocenters. The molecule has 0 aliphatic heterocycles. The van der Waals surface area contributed by atoms with Crippen LogP contribution in [0.5, 0.6) is 0 Å². The molecule has 3 heteroatoms. The second-order valence-corrected chi connectivity index (χ2v) is 14.4. The van der Waals surface area contributed by atoms with Gasteiger partial charge in [0.15, 0.2) is 8.32 Å². The summed E-state index contributed by atoms with van der Waals surface area (Å²) in [6.45, 7) is 16.3. The van der Waals surface area contributed by atoms with Crippen molar-refractivity contribution in [3.63, 3.8) is 0 Å². The maximum absolute atomic E-state index is 11.3. The van der Waals surface area contributed by atoms with E-state index in [1.807, 2.05) is 0 Å². The van der Waals surface area contributed by atoms with Gasteiger partial charge in [-0.1, -0.05) is 41.0 Å². The van der Waals surface area contributed by atoms with Crippen LogP contribution in [0.3, 0.4) is 0 Å². The summed E-state index contributed by atoms with van der Waals surface area (Å²) in [5, 5.41) is 0.273. The Morgan fingerprint density at radius 1 is 1.23 bits per heavy atom. The lowest BCUT2D eigenvalue weighted by Crippen LogP contribution is -2.50. The predicted molar refractivity (Wildman–Crippen MR) is 95.5 cm³/mol. The van der Waals surface area contributed by atoms with Crippen LogP contribution in [-0.4, -0.2) is 20.7 Å². The summed E-state index contributed by atoms with van der Waals surface area (Å²) < 4.78 is 6.83. The van der Waals surface area contributed by atoms with Crippen molar-refractivity contribution in [3.8, 4) is 0 Å². The monoisotopic (exact) mass is 324 g/mol. The minimum atomic E-state index is -1.71. The van der Waals surface area contributed by atoms with Crippen molar-refractivity contribution in [2.45, 2.75) is 91.0 Å². The molecule has 0 N–H and O–H groups in total. The van der Waals surface area contributed by atoms with E-state index in [9.17, 15) is 4.79 Å². The number of fused-ring (bicyclic) bond motifs is 1. The molecule has 0 heterocycles. The first-order valence-corrected chi connectivity index (χ1v) is 12.1. The van der Waals surface area contributed by atoms with E-state index >= 15 is 0 Å². The summed E-state index contributed by atoms with van der Waals surface area (Å²) in [6.07, 6.45) is 7.80. The van der Waals surface area contributed by atoms with E-state index in [2.05, 4.69) is 47.7 Å². The standard InChI is InChI=1S/C19H36O2Si/c1-14(13-20)15-10-11-16-17(9-8-12-19(15,16)5)21-22(6,7)18(2,3)4/h13-17H,8-12H2,1-7H3/t14-,15-,16+,17?,19-/m1/s1. The number of aldehydes is 1. The molecule has 0 spiro atoms. The van der Waals surface area contributed by atoms with Crippen LogP contribution in [0.25, 0.3) is 0 Å². The summed E-state index contributed by atoms with van der Waals surface area (Å²) in [6, 6.07) is 0. The Kier molecular flexibility index (Phi) is 5.00. The van der Waals surface area contributed by atoms with Gasteiger partial charge in [-0.25, -0.2) is 0 Å². The van der Waals surface area contributed by atoms with Gasteiger partial charge < -0.3 is 9.22 Å². The van der Waals surface area contributed by atoms with E-state index in [0.717, 1.165) is 0 Å². The van der Waals surface area contributed by atoms with Gasteiger partial charge in [0, 0.05) is 12.0 Å². The fourth-order valence-corrected chi connectivity index (χ4v) is 6.21. The van der Waals surface area contributed by atoms with Gasteiger partial charge in [-0.2, -0.15) is 0 Å². The van der Waals surface area contributed by atoms with Crippen molar-refractivity contribution in [1.82, 2.24) is 0 Å². The third-order valence-corrected chi connectivity index (χ3v) is 11.7. The van der Waals surface area contributed by atoms with Crippen LogP contribution in [0.15, 0.2) is 0 Å². The van der Waals surface area contributed by atoms with Crippen LogP contribution in [0, 0.1) is 23.2 Å². The highest BCUT2D eigenvalue weighted by Crippen LogP contribution is 2.58. The summed E-state index contributed by atoms with van der Waals surface area (Å²) in [4.78, 5) is 11.3. The second-order valence-electron chi connectivity index (χ2n) is 9.60. The predicted octanol–water partition coefficient (Wildman–Crippen LogP) is 5.43. The van der Waals surface area contributed by atoms with Crippen LogP contribution >= 0.6 is 0 Å². The lowest BCUT2D eigenvalue weighted by atomic mass is 9.62. The Hall–Kier alpha value is -0.153. The lowest BCUT2D eigenvalue weighted by molar-refractivity contribution is -0.114. The van der Waals surface area contributed by atoms with Gasteiger partial charge >= 0.3 is 0 Å². The van der Waals surface area contributed by atoms with E-state index in [1.165, 1.54) is 38.4 Å². The molecule has 2 aliphatic rings. The fourth-order valence-electron chi connectivity index (χ4n) is 4.81. The first-order valence-electron chi connectivity index (χ1n) is 9.16. The highest BCUT2D eigenvalue weighted by atomic mass is 28.4. The average molecular weight is 325 g/mol. The molecular weight excluding hydrogens is 288 g/mol. The molecule has 22 heavy (non-hydrogen) atoms. The topological polar surface area (TPSA) is 26.3 Å². The zero-order chi connectivity index (χ0) is 16.8. The van der Waals surface area contributed by atoms with Crippen molar-refractivity contribution in [3.05, 3.63) is 0 Å². The zero-order valence-corrected chi connectivity index (χ0v) is 16.7. The van der Waals surface area contributed by atoms with Crippen molar-refractivity contribution in [1.29, 1.82) is 0 Å². The third-order valence-electron chi connectivity index (χ3n) is 7.24. The Bertz CT molecular complexity index is 412. The number of rotatable bonds is 4. The molecule has 0 aromatic carbocycles. The molecule has 2 fully saturated rings. The molecule has 0 aromatic heterocycles. The first kappa shape index (κ1) is 18.2. The smallest absolute Gasteiger partial charge is 0.192 e. The minimum Gasteiger partial charge on any atom is -0.414 e. The Morgan fingerprint density at radius 3 is 2.41 bits per heavy atom. The number of hydrogen-bond acceptors (Lipinski definition) is 2. The van der Waals surface area contributed by atoms with Gasteiger partial charge in [0.2, 0.25) is 0 Å². The largest absolute Gasteiger partial charge is 0.414 e. The van der Waals surface area contributed by atoms with Crippen LogP contribution in [-0.2, 0) is 9.22 Å². The van der Waals surface area contributed by atoms with Crippen LogP contribution in [0.1, 0.15) is 66.7 Å². The van der Waals surface area contributed by atoms with Crippen LogP contribution in [0.4, 0.5) is 0 Å². The molecule has 2 aliphatic carbocycles. The molecule has 0 saturated heterocycles.